The average Bonchev–Trinajstić information content (AvgIpc) is 3.46. The molecule has 1 aliphatic rings. The third-order valence-electron chi connectivity index (χ3n) is 11.3. The highest BCUT2D eigenvalue weighted by Crippen LogP contribution is 2.50. The number of anilines is 3. The molecule has 0 fully saturated rings. The fourth-order valence-electron chi connectivity index (χ4n) is 8.65. The minimum absolute atomic E-state index is 0.131. The van der Waals surface area contributed by atoms with Crippen molar-refractivity contribution in [2.45, 2.75) is 19.3 Å². The summed E-state index contributed by atoms with van der Waals surface area (Å²) in [6.45, 7) is 4.60. The zero-order valence-corrected chi connectivity index (χ0v) is 31.5. The summed E-state index contributed by atoms with van der Waals surface area (Å²) in [4.78, 5) is 2.23. The second-order valence-electron chi connectivity index (χ2n) is 14.7. The van der Waals surface area contributed by atoms with Gasteiger partial charge in [-0.3, -0.25) is 0 Å². The summed E-state index contributed by atoms with van der Waals surface area (Å²) in [6, 6.07) is 73.3. The van der Waals surface area contributed by atoms with Crippen molar-refractivity contribution in [1.82, 2.24) is 0 Å². The largest absolute Gasteiger partial charge is 0.310 e. The molecule has 260 valence electrons. The summed E-state index contributed by atoms with van der Waals surface area (Å²) >= 11 is 0. The molecule has 0 N–H and O–H groups in total. The van der Waals surface area contributed by atoms with Crippen LogP contribution in [0.25, 0.3) is 22.3 Å². The molecule has 3 heteroatoms. The van der Waals surface area contributed by atoms with Crippen molar-refractivity contribution >= 4 is 45.9 Å². The number of rotatable bonds is 8. The van der Waals surface area contributed by atoms with Gasteiger partial charge in [-0.05, 0) is 103 Å². The van der Waals surface area contributed by atoms with Gasteiger partial charge in [-0.15, -0.1) is 0 Å². The second kappa shape index (κ2) is 13.6. The molecule has 0 amide bonds. The van der Waals surface area contributed by atoms with Crippen LogP contribution in [0, 0.1) is 5.82 Å². The lowest BCUT2D eigenvalue weighted by atomic mass is 9.82. The fourth-order valence-corrected chi connectivity index (χ4v) is 13.4. The predicted octanol–water partition coefficient (Wildman–Crippen LogP) is 10.6. The predicted molar refractivity (Wildman–Crippen MR) is 228 cm³/mol. The fraction of sp³-hybridized carbons (Fsp3) is 0.0588. The summed E-state index contributed by atoms with van der Waals surface area (Å²) in [5.41, 5.74) is 10.3. The molecular formula is C51H40FNSi. The van der Waals surface area contributed by atoms with Gasteiger partial charge in [0.1, 0.15) is 5.82 Å². The van der Waals surface area contributed by atoms with E-state index in [2.05, 4.69) is 201 Å². The molecule has 0 atom stereocenters. The molecule has 54 heavy (non-hydrogen) atoms. The SMILES string of the molecule is CC1(C)c2ccccc2-c2ccc(N(c3ccc(F)cc3)c3ccc(-c4ccc([Si](c5ccccc5)(c5ccccc5)c5ccccc5)cc4)cc3)cc21. The van der Waals surface area contributed by atoms with Crippen LogP contribution in [0.2, 0.25) is 0 Å². The molecule has 0 heterocycles. The molecule has 9 rings (SSSR count). The van der Waals surface area contributed by atoms with Crippen molar-refractivity contribution in [2.24, 2.45) is 0 Å². The van der Waals surface area contributed by atoms with Crippen LogP contribution in [0.15, 0.2) is 206 Å². The van der Waals surface area contributed by atoms with Gasteiger partial charge in [0, 0.05) is 22.5 Å². The van der Waals surface area contributed by atoms with Crippen LogP contribution in [0.3, 0.4) is 0 Å². The number of fused-ring (bicyclic) bond motifs is 3. The van der Waals surface area contributed by atoms with Crippen LogP contribution in [0.5, 0.6) is 0 Å². The minimum atomic E-state index is -2.60. The molecule has 0 unspecified atom stereocenters. The van der Waals surface area contributed by atoms with Crippen molar-refractivity contribution in [1.29, 1.82) is 0 Å². The van der Waals surface area contributed by atoms with E-state index in [9.17, 15) is 4.39 Å². The minimum Gasteiger partial charge on any atom is -0.310 e. The van der Waals surface area contributed by atoms with Gasteiger partial charge in [0.2, 0.25) is 0 Å². The highest BCUT2D eigenvalue weighted by Gasteiger charge is 2.41. The lowest BCUT2D eigenvalue weighted by Crippen LogP contribution is -2.74. The molecule has 0 spiro atoms. The zero-order valence-electron chi connectivity index (χ0n) is 30.5. The Bertz CT molecular complexity index is 2450. The number of hydrogen-bond donors (Lipinski definition) is 0. The summed E-state index contributed by atoms with van der Waals surface area (Å²) in [7, 11) is -2.60. The summed E-state index contributed by atoms with van der Waals surface area (Å²) in [6.07, 6.45) is 0. The van der Waals surface area contributed by atoms with Gasteiger partial charge in [-0.2, -0.15) is 0 Å². The molecule has 1 nitrogen and oxygen atoms in total. The Labute approximate surface area is 318 Å². The average molecular weight is 714 g/mol. The van der Waals surface area contributed by atoms with Gasteiger partial charge >= 0.3 is 0 Å². The Hall–Kier alpha value is -6.29. The van der Waals surface area contributed by atoms with Crippen LogP contribution >= 0.6 is 0 Å². The number of halogens is 1. The Morgan fingerprint density at radius 1 is 0.389 bits per heavy atom. The number of hydrogen-bond acceptors (Lipinski definition) is 1. The van der Waals surface area contributed by atoms with Crippen molar-refractivity contribution in [3.63, 3.8) is 0 Å². The maximum atomic E-state index is 14.2. The third-order valence-corrected chi connectivity index (χ3v) is 16.1. The topological polar surface area (TPSA) is 3.24 Å². The lowest BCUT2D eigenvalue weighted by Gasteiger charge is -2.34. The van der Waals surface area contributed by atoms with E-state index in [4.69, 9.17) is 0 Å². The first kappa shape index (κ1) is 33.5. The standard InChI is InChI=1S/C51H40FNSi/c1-51(2)49-21-13-12-20-47(49)48-35-32-42(36-50(48)51)53(41-30-26-39(52)27-31-41)40-28-22-37(23-29-40)38-24-33-46(34-25-38)54(43-14-6-3-7-15-43,44-16-8-4-9-17-44)45-18-10-5-11-19-45/h3-36H,1-2H3. The maximum absolute atomic E-state index is 14.2. The van der Waals surface area contributed by atoms with Crippen molar-refractivity contribution in [3.05, 3.63) is 223 Å². The van der Waals surface area contributed by atoms with Gasteiger partial charge in [0.05, 0.1) is 0 Å². The highest BCUT2D eigenvalue weighted by molar-refractivity contribution is 7.19. The van der Waals surface area contributed by atoms with E-state index in [0.717, 1.165) is 28.2 Å². The quantitative estimate of drug-likeness (QED) is 0.112. The molecule has 8 aromatic rings. The number of benzene rings is 8. The molecule has 0 bridgehead atoms. The summed E-state index contributed by atoms with van der Waals surface area (Å²) in [5, 5.41) is 5.42. The second-order valence-corrected chi connectivity index (χ2v) is 18.5. The Kier molecular flexibility index (Phi) is 8.45. The monoisotopic (exact) mass is 713 g/mol. The molecule has 8 aromatic carbocycles. The Morgan fingerprint density at radius 2 is 0.796 bits per heavy atom. The van der Waals surface area contributed by atoms with E-state index in [-0.39, 0.29) is 11.2 Å². The summed E-state index contributed by atoms with van der Waals surface area (Å²) < 4.78 is 14.2. The first-order valence-electron chi connectivity index (χ1n) is 18.6. The molecule has 1 aliphatic carbocycles. The maximum Gasteiger partial charge on any atom is 0.179 e. The molecular weight excluding hydrogens is 674 g/mol. The van der Waals surface area contributed by atoms with E-state index < -0.39 is 8.07 Å². The van der Waals surface area contributed by atoms with Crippen LogP contribution in [0.4, 0.5) is 21.5 Å². The van der Waals surface area contributed by atoms with Crippen LogP contribution in [-0.4, -0.2) is 8.07 Å². The molecule has 0 saturated carbocycles. The van der Waals surface area contributed by atoms with Gasteiger partial charge in [-0.1, -0.05) is 172 Å². The lowest BCUT2D eigenvalue weighted by molar-refractivity contribution is 0.628. The smallest absolute Gasteiger partial charge is 0.179 e. The first-order chi connectivity index (χ1) is 26.4. The van der Waals surface area contributed by atoms with Crippen molar-refractivity contribution < 1.29 is 4.39 Å². The molecule has 0 aliphatic heterocycles. The third kappa shape index (κ3) is 5.60. The van der Waals surface area contributed by atoms with E-state index in [1.165, 1.54) is 55.1 Å². The van der Waals surface area contributed by atoms with Gasteiger partial charge in [0.15, 0.2) is 8.07 Å². The molecule has 0 radical (unpaired) electrons. The Balaban J connectivity index is 1.11. The van der Waals surface area contributed by atoms with Gasteiger partial charge < -0.3 is 4.90 Å². The van der Waals surface area contributed by atoms with E-state index in [1.807, 2.05) is 12.1 Å². The normalized spacial score (nSPS) is 12.9. The van der Waals surface area contributed by atoms with E-state index in [0.29, 0.717) is 0 Å². The van der Waals surface area contributed by atoms with Crippen molar-refractivity contribution in [3.8, 4) is 22.3 Å². The van der Waals surface area contributed by atoms with Crippen LogP contribution < -0.4 is 25.6 Å². The molecule has 0 aromatic heterocycles. The Morgan fingerprint density at radius 3 is 1.33 bits per heavy atom. The zero-order chi connectivity index (χ0) is 36.7. The van der Waals surface area contributed by atoms with E-state index >= 15 is 0 Å². The number of nitrogens with zero attached hydrogens (tertiary/aromatic N) is 1. The van der Waals surface area contributed by atoms with Gasteiger partial charge in [0.25, 0.3) is 0 Å². The summed E-state index contributed by atoms with van der Waals surface area (Å²) in [5.74, 6) is -0.248. The molecule has 0 saturated heterocycles. The van der Waals surface area contributed by atoms with Crippen molar-refractivity contribution in [2.75, 3.05) is 4.90 Å². The van der Waals surface area contributed by atoms with Gasteiger partial charge in [-0.25, -0.2) is 4.39 Å². The van der Waals surface area contributed by atoms with E-state index in [1.54, 1.807) is 0 Å². The van der Waals surface area contributed by atoms with Crippen LogP contribution in [0.1, 0.15) is 25.0 Å². The first-order valence-corrected chi connectivity index (χ1v) is 20.6. The van der Waals surface area contributed by atoms with Crippen LogP contribution in [-0.2, 0) is 5.41 Å². The highest BCUT2D eigenvalue weighted by atomic mass is 28.3.